The van der Waals surface area contributed by atoms with Gasteiger partial charge >= 0.3 is 0 Å². The number of aromatic nitrogens is 1. The van der Waals surface area contributed by atoms with Crippen molar-refractivity contribution in [1.82, 2.24) is 4.98 Å². The fourth-order valence-electron chi connectivity index (χ4n) is 1.57. The molecule has 1 unspecified atom stereocenters. The lowest BCUT2D eigenvalue weighted by Crippen LogP contribution is -2.09. The van der Waals surface area contributed by atoms with Crippen molar-refractivity contribution in [2.24, 2.45) is 0 Å². The highest BCUT2D eigenvalue weighted by Crippen LogP contribution is 2.22. The Kier molecular flexibility index (Phi) is 3.40. The van der Waals surface area contributed by atoms with E-state index in [0.717, 1.165) is 5.69 Å². The fraction of sp³-hybridized carbons (Fsp3) is 0.231. The molecule has 0 aromatic carbocycles. The summed E-state index contributed by atoms with van der Waals surface area (Å²) in [7, 11) is 0. The first-order chi connectivity index (χ1) is 8.20. The number of rotatable bonds is 3. The average Bonchev–Trinajstić information content (AvgIpc) is 2.83. The highest BCUT2D eigenvalue weighted by molar-refractivity contribution is 7.07. The fourth-order valence-corrected chi connectivity index (χ4v) is 2.32. The molecule has 0 bridgehead atoms. The zero-order chi connectivity index (χ0) is 12.3. The van der Waals surface area contributed by atoms with Crippen molar-refractivity contribution in [2.45, 2.75) is 19.9 Å². The first-order valence-corrected chi connectivity index (χ1v) is 6.31. The topological polar surface area (TPSA) is 48.7 Å². The lowest BCUT2D eigenvalue weighted by atomic mass is 10.1. The zero-order valence-electron chi connectivity index (χ0n) is 9.77. The monoisotopic (exact) mass is 243 g/mol. The number of nitriles is 1. The van der Waals surface area contributed by atoms with E-state index in [4.69, 9.17) is 5.26 Å². The van der Waals surface area contributed by atoms with Crippen LogP contribution in [-0.2, 0) is 0 Å². The van der Waals surface area contributed by atoms with Crippen molar-refractivity contribution in [3.63, 3.8) is 0 Å². The van der Waals surface area contributed by atoms with Gasteiger partial charge in [0, 0.05) is 5.69 Å². The van der Waals surface area contributed by atoms with Crippen molar-refractivity contribution in [3.05, 3.63) is 45.8 Å². The number of aryl methyl sites for hydroxylation is 1. The number of anilines is 1. The van der Waals surface area contributed by atoms with E-state index in [0.29, 0.717) is 11.4 Å². The van der Waals surface area contributed by atoms with Crippen LogP contribution in [-0.4, -0.2) is 4.98 Å². The molecule has 0 aliphatic carbocycles. The van der Waals surface area contributed by atoms with Crippen LogP contribution < -0.4 is 5.32 Å². The molecular formula is C13H13N3S. The van der Waals surface area contributed by atoms with Gasteiger partial charge in [-0.2, -0.15) is 16.6 Å². The van der Waals surface area contributed by atoms with Gasteiger partial charge in [-0.15, -0.1) is 0 Å². The van der Waals surface area contributed by atoms with E-state index in [1.54, 1.807) is 17.4 Å². The summed E-state index contributed by atoms with van der Waals surface area (Å²) in [5, 5.41) is 16.4. The van der Waals surface area contributed by atoms with E-state index in [1.165, 1.54) is 5.56 Å². The van der Waals surface area contributed by atoms with E-state index in [2.05, 4.69) is 34.7 Å². The predicted molar refractivity (Wildman–Crippen MR) is 70.0 cm³/mol. The second kappa shape index (κ2) is 4.98. The largest absolute Gasteiger partial charge is 0.362 e. The number of nitrogens with one attached hydrogen (secondary N) is 1. The average molecular weight is 243 g/mol. The first-order valence-electron chi connectivity index (χ1n) is 5.37. The summed E-state index contributed by atoms with van der Waals surface area (Å²) in [6, 6.07) is 8.02. The van der Waals surface area contributed by atoms with Gasteiger partial charge in [-0.3, -0.25) is 0 Å². The van der Waals surface area contributed by atoms with Gasteiger partial charge in [0.05, 0.1) is 11.6 Å². The van der Waals surface area contributed by atoms with Gasteiger partial charge < -0.3 is 5.32 Å². The maximum atomic E-state index is 9.02. The van der Waals surface area contributed by atoms with Crippen LogP contribution >= 0.6 is 11.3 Å². The number of hydrogen-bond donors (Lipinski definition) is 1. The predicted octanol–water partition coefficient (Wildman–Crippen LogP) is 3.50. The summed E-state index contributed by atoms with van der Waals surface area (Å²) < 4.78 is 0. The summed E-state index contributed by atoms with van der Waals surface area (Å²) in [4.78, 5) is 4.36. The quantitative estimate of drug-likeness (QED) is 0.897. The third-order valence-electron chi connectivity index (χ3n) is 2.55. The van der Waals surface area contributed by atoms with E-state index < -0.39 is 0 Å². The highest BCUT2D eigenvalue weighted by Gasteiger charge is 2.09. The summed E-state index contributed by atoms with van der Waals surface area (Å²) in [6.45, 7) is 3.98. The Bertz CT molecular complexity index is 540. The van der Waals surface area contributed by atoms with Gasteiger partial charge in [-0.05, 0) is 48.4 Å². The Hall–Kier alpha value is -1.86. The molecule has 3 nitrogen and oxygen atoms in total. The van der Waals surface area contributed by atoms with E-state index >= 15 is 0 Å². The summed E-state index contributed by atoms with van der Waals surface area (Å²) in [6.07, 6.45) is 0. The van der Waals surface area contributed by atoms with Crippen molar-refractivity contribution in [2.75, 3.05) is 5.32 Å². The molecule has 86 valence electrons. The number of nitrogens with zero attached hydrogens (tertiary/aromatic N) is 2. The van der Waals surface area contributed by atoms with Crippen LogP contribution in [0.25, 0.3) is 0 Å². The van der Waals surface area contributed by atoms with Gasteiger partial charge in [-0.1, -0.05) is 0 Å². The van der Waals surface area contributed by atoms with Crippen LogP contribution in [0, 0.1) is 18.3 Å². The molecule has 2 heterocycles. The molecule has 0 aliphatic heterocycles. The van der Waals surface area contributed by atoms with E-state index in [-0.39, 0.29) is 6.04 Å². The summed E-state index contributed by atoms with van der Waals surface area (Å²) in [5.41, 5.74) is 2.70. The van der Waals surface area contributed by atoms with Crippen LogP contribution in [0.2, 0.25) is 0 Å². The van der Waals surface area contributed by atoms with Crippen LogP contribution in [0.15, 0.2) is 29.0 Å². The van der Waals surface area contributed by atoms with Crippen LogP contribution in [0.4, 0.5) is 5.82 Å². The van der Waals surface area contributed by atoms with Gasteiger partial charge in [0.2, 0.25) is 0 Å². The molecule has 0 fully saturated rings. The van der Waals surface area contributed by atoms with Crippen LogP contribution in [0.5, 0.6) is 0 Å². The minimum Gasteiger partial charge on any atom is -0.362 e. The molecule has 1 N–H and O–H groups in total. The summed E-state index contributed by atoms with van der Waals surface area (Å²) in [5.74, 6) is 0.659. The molecule has 2 rings (SSSR count). The maximum Gasteiger partial charge on any atom is 0.144 e. The molecule has 4 heteroatoms. The van der Waals surface area contributed by atoms with Gasteiger partial charge in [0.15, 0.2) is 0 Å². The van der Waals surface area contributed by atoms with Gasteiger partial charge in [0.25, 0.3) is 0 Å². The molecule has 1 atom stereocenters. The summed E-state index contributed by atoms with van der Waals surface area (Å²) >= 11 is 1.67. The van der Waals surface area contributed by atoms with Gasteiger partial charge in [-0.25, -0.2) is 4.98 Å². The zero-order valence-corrected chi connectivity index (χ0v) is 10.6. The molecule has 0 amide bonds. The van der Waals surface area contributed by atoms with Crippen LogP contribution in [0.3, 0.4) is 0 Å². The number of hydrogen-bond acceptors (Lipinski definition) is 4. The smallest absolute Gasteiger partial charge is 0.144 e. The maximum absolute atomic E-state index is 9.02. The molecule has 0 radical (unpaired) electrons. The standard InChI is InChI=1S/C13H13N3S/c1-9-3-4-11(7-14)13(15-9)16-10(2)12-5-6-17-8-12/h3-6,8,10H,1-2H3,(H,15,16). The lowest BCUT2D eigenvalue weighted by molar-refractivity contribution is 0.876. The molecule has 2 aromatic heterocycles. The number of thiophene rings is 1. The first kappa shape index (κ1) is 11.6. The molecule has 0 aliphatic rings. The molecule has 0 spiro atoms. The lowest BCUT2D eigenvalue weighted by Gasteiger charge is -2.14. The van der Waals surface area contributed by atoms with E-state index in [1.807, 2.05) is 18.4 Å². The van der Waals surface area contributed by atoms with Crippen molar-refractivity contribution < 1.29 is 0 Å². The van der Waals surface area contributed by atoms with Crippen molar-refractivity contribution in [1.29, 1.82) is 5.26 Å². The minimum atomic E-state index is 0.155. The Morgan fingerprint density at radius 2 is 2.24 bits per heavy atom. The Morgan fingerprint density at radius 1 is 1.41 bits per heavy atom. The minimum absolute atomic E-state index is 0.155. The molecule has 0 saturated carbocycles. The Labute approximate surface area is 105 Å². The Morgan fingerprint density at radius 3 is 2.88 bits per heavy atom. The Balaban J connectivity index is 2.24. The highest BCUT2D eigenvalue weighted by atomic mass is 32.1. The normalized spacial score (nSPS) is 11.8. The second-order valence-corrected chi connectivity index (χ2v) is 4.66. The molecule has 2 aromatic rings. The van der Waals surface area contributed by atoms with Gasteiger partial charge in [0.1, 0.15) is 11.9 Å². The van der Waals surface area contributed by atoms with Crippen molar-refractivity contribution >= 4 is 17.2 Å². The molecule has 17 heavy (non-hydrogen) atoms. The third-order valence-corrected chi connectivity index (χ3v) is 3.25. The van der Waals surface area contributed by atoms with Crippen LogP contribution in [0.1, 0.15) is 29.8 Å². The molecular weight excluding hydrogens is 230 g/mol. The molecule has 0 saturated heterocycles. The van der Waals surface area contributed by atoms with E-state index in [9.17, 15) is 0 Å². The second-order valence-electron chi connectivity index (χ2n) is 3.88. The SMILES string of the molecule is Cc1ccc(C#N)c(NC(C)c2ccsc2)n1. The number of pyridine rings is 1. The van der Waals surface area contributed by atoms with Crippen molar-refractivity contribution in [3.8, 4) is 6.07 Å². The third kappa shape index (κ3) is 2.63.